The highest BCUT2D eigenvalue weighted by atomic mass is 32.2. The Hall–Kier alpha value is -0.610. The molecule has 14 heavy (non-hydrogen) atoms. The monoisotopic (exact) mass is 211 g/mol. The molecule has 0 spiro atoms. The van der Waals surface area contributed by atoms with Crippen LogP contribution in [0.25, 0.3) is 0 Å². The second kappa shape index (κ2) is 5.98. The lowest BCUT2D eigenvalue weighted by Crippen LogP contribution is -2.04. The fraction of sp³-hybridized carbons (Fsp3) is 0.600. The molecule has 0 saturated heterocycles. The third-order valence-electron chi connectivity index (χ3n) is 2.13. The zero-order valence-electron chi connectivity index (χ0n) is 8.73. The second-order valence-corrected chi connectivity index (χ2v) is 4.35. The molecule has 4 heteroatoms. The van der Waals surface area contributed by atoms with Crippen molar-refractivity contribution in [3.8, 4) is 0 Å². The molecule has 0 aliphatic carbocycles. The van der Waals surface area contributed by atoms with E-state index < -0.39 is 0 Å². The zero-order valence-corrected chi connectivity index (χ0v) is 9.55. The molecule has 78 valence electrons. The summed E-state index contributed by atoms with van der Waals surface area (Å²) in [5.74, 6) is 1.80. The van der Waals surface area contributed by atoms with E-state index >= 15 is 0 Å². The van der Waals surface area contributed by atoms with Crippen molar-refractivity contribution in [2.24, 2.45) is 11.7 Å². The highest BCUT2D eigenvalue weighted by Crippen LogP contribution is 2.21. The molecule has 0 amide bonds. The molecule has 0 bridgehead atoms. The molecule has 0 radical (unpaired) electrons. The SMILES string of the molecule is CCC(C)CSc1nccnc1CN. The van der Waals surface area contributed by atoms with Gasteiger partial charge in [-0.1, -0.05) is 20.3 Å². The van der Waals surface area contributed by atoms with Gasteiger partial charge in [0, 0.05) is 24.7 Å². The van der Waals surface area contributed by atoms with E-state index in [1.807, 2.05) is 0 Å². The summed E-state index contributed by atoms with van der Waals surface area (Å²) in [4.78, 5) is 8.47. The minimum atomic E-state index is 0.469. The van der Waals surface area contributed by atoms with Crippen molar-refractivity contribution in [1.82, 2.24) is 9.97 Å². The van der Waals surface area contributed by atoms with Gasteiger partial charge in [-0.25, -0.2) is 4.98 Å². The van der Waals surface area contributed by atoms with E-state index in [0.29, 0.717) is 12.5 Å². The van der Waals surface area contributed by atoms with Crippen molar-refractivity contribution in [2.45, 2.75) is 31.8 Å². The number of nitrogens with zero attached hydrogens (tertiary/aromatic N) is 2. The number of hydrogen-bond acceptors (Lipinski definition) is 4. The van der Waals surface area contributed by atoms with E-state index in [4.69, 9.17) is 5.73 Å². The first-order chi connectivity index (χ1) is 6.77. The smallest absolute Gasteiger partial charge is 0.119 e. The molecule has 1 atom stereocenters. The Labute approximate surface area is 89.5 Å². The normalized spacial score (nSPS) is 12.8. The predicted octanol–water partition coefficient (Wildman–Crippen LogP) is 2.07. The maximum Gasteiger partial charge on any atom is 0.119 e. The van der Waals surface area contributed by atoms with Crippen LogP contribution in [0, 0.1) is 5.92 Å². The Morgan fingerprint density at radius 2 is 2.14 bits per heavy atom. The van der Waals surface area contributed by atoms with Gasteiger partial charge in [-0.3, -0.25) is 4.98 Å². The van der Waals surface area contributed by atoms with E-state index in [9.17, 15) is 0 Å². The van der Waals surface area contributed by atoms with Crippen LogP contribution < -0.4 is 5.73 Å². The molecular weight excluding hydrogens is 194 g/mol. The van der Waals surface area contributed by atoms with Crippen LogP contribution in [0.4, 0.5) is 0 Å². The minimum Gasteiger partial charge on any atom is -0.325 e. The standard InChI is InChI=1S/C10H17N3S/c1-3-8(2)7-14-10-9(6-11)12-4-5-13-10/h4-5,8H,3,6-7,11H2,1-2H3. The van der Waals surface area contributed by atoms with Gasteiger partial charge in [-0.05, 0) is 5.92 Å². The summed E-state index contributed by atoms with van der Waals surface area (Å²) >= 11 is 1.75. The Morgan fingerprint density at radius 1 is 1.43 bits per heavy atom. The first kappa shape index (κ1) is 11.5. The van der Waals surface area contributed by atoms with E-state index in [1.165, 1.54) is 6.42 Å². The number of hydrogen-bond donors (Lipinski definition) is 1. The summed E-state index contributed by atoms with van der Waals surface area (Å²) < 4.78 is 0. The molecule has 1 aromatic rings. The number of rotatable bonds is 5. The van der Waals surface area contributed by atoms with Gasteiger partial charge in [-0.15, -0.1) is 11.8 Å². The maximum absolute atomic E-state index is 5.57. The van der Waals surface area contributed by atoms with E-state index in [0.717, 1.165) is 16.5 Å². The molecule has 0 aliphatic heterocycles. The van der Waals surface area contributed by atoms with Gasteiger partial charge in [0.15, 0.2) is 0 Å². The summed E-state index contributed by atoms with van der Waals surface area (Å²) in [6, 6.07) is 0. The highest BCUT2D eigenvalue weighted by molar-refractivity contribution is 7.99. The first-order valence-corrected chi connectivity index (χ1v) is 5.89. The number of thioether (sulfide) groups is 1. The second-order valence-electron chi connectivity index (χ2n) is 3.34. The van der Waals surface area contributed by atoms with Crippen molar-refractivity contribution < 1.29 is 0 Å². The van der Waals surface area contributed by atoms with Crippen LogP contribution in [-0.2, 0) is 6.54 Å². The summed E-state index contributed by atoms with van der Waals surface area (Å²) in [5, 5.41) is 0.982. The summed E-state index contributed by atoms with van der Waals surface area (Å²) in [6.07, 6.45) is 4.61. The Kier molecular flexibility index (Phi) is 4.90. The molecule has 1 aromatic heterocycles. The summed E-state index contributed by atoms with van der Waals surface area (Å²) in [7, 11) is 0. The Morgan fingerprint density at radius 3 is 2.79 bits per heavy atom. The van der Waals surface area contributed by atoms with Crippen LogP contribution in [0.15, 0.2) is 17.4 Å². The lowest BCUT2D eigenvalue weighted by atomic mass is 10.2. The van der Waals surface area contributed by atoms with Crippen LogP contribution in [0.5, 0.6) is 0 Å². The van der Waals surface area contributed by atoms with Crippen molar-refractivity contribution in [1.29, 1.82) is 0 Å². The van der Waals surface area contributed by atoms with Gasteiger partial charge in [0.05, 0.1) is 5.69 Å². The van der Waals surface area contributed by atoms with Gasteiger partial charge < -0.3 is 5.73 Å². The summed E-state index contributed by atoms with van der Waals surface area (Å²) in [5.41, 5.74) is 6.48. The zero-order chi connectivity index (χ0) is 10.4. The molecule has 1 unspecified atom stereocenters. The lowest BCUT2D eigenvalue weighted by molar-refractivity contribution is 0.636. The van der Waals surface area contributed by atoms with Crippen LogP contribution in [0.2, 0.25) is 0 Å². The van der Waals surface area contributed by atoms with Crippen LogP contribution in [0.1, 0.15) is 26.0 Å². The van der Waals surface area contributed by atoms with Gasteiger partial charge in [-0.2, -0.15) is 0 Å². The quantitative estimate of drug-likeness (QED) is 0.758. The van der Waals surface area contributed by atoms with Crippen molar-refractivity contribution in [3.05, 3.63) is 18.1 Å². The molecule has 1 heterocycles. The number of nitrogens with two attached hydrogens (primary N) is 1. The molecular formula is C10H17N3S. The van der Waals surface area contributed by atoms with E-state index in [-0.39, 0.29) is 0 Å². The maximum atomic E-state index is 5.57. The van der Waals surface area contributed by atoms with Gasteiger partial charge in [0.1, 0.15) is 5.03 Å². The fourth-order valence-corrected chi connectivity index (χ4v) is 2.07. The predicted molar refractivity (Wildman–Crippen MR) is 60.1 cm³/mol. The van der Waals surface area contributed by atoms with Crippen molar-refractivity contribution in [3.63, 3.8) is 0 Å². The highest BCUT2D eigenvalue weighted by Gasteiger charge is 2.06. The summed E-state index contributed by atoms with van der Waals surface area (Å²) in [6.45, 7) is 4.91. The number of aromatic nitrogens is 2. The molecule has 0 saturated carbocycles. The Balaban J connectivity index is 2.57. The van der Waals surface area contributed by atoms with Crippen LogP contribution in [-0.4, -0.2) is 15.7 Å². The fourth-order valence-electron chi connectivity index (χ4n) is 0.954. The third-order valence-corrected chi connectivity index (χ3v) is 3.48. The molecule has 0 fully saturated rings. The topological polar surface area (TPSA) is 51.8 Å². The average Bonchev–Trinajstić information content (AvgIpc) is 2.26. The van der Waals surface area contributed by atoms with Gasteiger partial charge >= 0.3 is 0 Å². The third kappa shape index (κ3) is 3.27. The van der Waals surface area contributed by atoms with E-state index in [2.05, 4.69) is 23.8 Å². The molecule has 1 rings (SSSR count). The van der Waals surface area contributed by atoms with Crippen molar-refractivity contribution in [2.75, 3.05) is 5.75 Å². The average molecular weight is 211 g/mol. The van der Waals surface area contributed by atoms with E-state index in [1.54, 1.807) is 24.2 Å². The molecule has 2 N–H and O–H groups in total. The van der Waals surface area contributed by atoms with Crippen molar-refractivity contribution >= 4 is 11.8 Å². The molecule has 0 aliphatic rings. The largest absolute Gasteiger partial charge is 0.325 e. The van der Waals surface area contributed by atoms with Gasteiger partial charge in [0.25, 0.3) is 0 Å². The lowest BCUT2D eigenvalue weighted by Gasteiger charge is -2.08. The molecule has 0 aromatic carbocycles. The van der Waals surface area contributed by atoms with Gasteiger partial charge in [0.2, 0.25) is 0 Å². The van der Waals surface area contributed by atoms with Crippen LogP contribution >= 0.6 is 11.8 Å². The van der Waals surface area contributed by atoms with Crippen LogP contribution in [0.3, 0.4) is 0 Å². The molecule has 3 nitrogen and oxygen atoms in total. The Bertz CT molecular complexity index is 278. The minimum absolute atomic E-state index is 0.469. The first-order valence-electron chi connectivity index (χ1n) is 4.90.